The van der Waals surface area contributed by atoms with Gasteiger partial charge in [-0.3, -0.25) is 14.1 Å². The molecule has 5 nitrogen and oxygen atoms in total. The molecule has 1 amide bonds. The number of fused-ring (bicyclic) bond motifs is 1. The number of hydrogen-bond donors (Lipinski definition) is 1. The summed E-state index contributed by atoms with van der Waals surface area (Å²) >= 11 is 0. The van der Waals surface area contributed by atoms with Gasteiger partial charge in [-0.1, -0.05) is 36.4 Å². The number of amides is 1. The van der Waals surface area contributed by atoms with Crippen molar-refractivity contribution < 1.29 is 18.3 Å². The zero-order valence-corrected chi connectivity index (χ0v) is 20.1. The van der Waals surface area contributed by atoms with Crippen LogP contribution < -0.4 is 10.5 Å². The monoisotopic (exact) mass is 474 g/mol. The van der Waals surface area contributed by atoms with E-state index in [2.05, 4.69) is 42.2 Å². The summed E-state index contributed by atoms with van der Waals surface area (Å²) in [5, 5.41) is 0. The zero-order valence-electron chi connectivity index (χ0n) is 20.1. The van der Waals surface area contributed by atoms with E-state index in [1.807, 2.05) is 18.2 Å². The molecular formula is C29H31FN2O3. The molecule has 0 unspecified atom stereocenters. The number of nitrogens with two attached hydrogens (primary N) is 1. The third kappa shape index (κ3) is 4.76. The van der Waals surface area contributed by atoms with Crippen molar-refractivity contribution in [2.75, 3.05) is 26.3 Å². The number of nitrogens with zero attached hydrogens (tertiary/aromatic N) is 1. The predicted molar refractivity (Wildman–Crippen MR) is 135 cm³/mol. The van der Waals surface area contributed by atoms with Crippen molar-refractivity contribution >= 4 is 17.1 Å². The Balaban J connectivity index is 1.51. The Morgan fingerprint density at radius 3 is 2.63 bits per heavy atom. The summed E-state index contributed by atoms with van der Waals surface area (Å²) in [6, 6.07) is 16.4. The molecule has 0 saturated carbocycles. The minimum absolute atomic E-state index is 0.127. The van der Waals surface area contributed by atoms with Gasteiger partial charge in [0, 0.05) is 31.6 Å². The summed E-state index contributed by atoms with van der Waals surface area (Å²) in [4.78, 5) is 14.5. The first-order valence-corrected chi connectivity index (χ1v) is 12.3. The smallest absolute Gasteiger partial charge is 0.252 e. The van der Waals surface area contributed by atoms with Crippen molar-refractivity contribution in [1.29, 1.82) is 0 Å². The summed E-state index contributed by atoms with van der Waals surface area (Å²) < 4.78 is 24.4. The Morgan fingerprint density at radius 1 is 1.14 bits per heavy atom. The first kappa shape index (κ1) is 23.4. The van der Waals surface area contributed by atoms with Crippen LogP contribution in [0.15, 0.2) is 59.2 Å². The average molecular weight is 475 g/mol. The van der Waals surface area contributed by atoms with Crippen LogP contribution in [0.4, 0.5) is 4.39 Å². The second-order valence-corrected chi connectivity index (χ2v) is 9.40. The van der Waals surface area contributed by atoms with E-state index in [4.69, 9.17) is 14.9 Å². The van der Waals surface area contributed by atoms with Gasteiger partial charge in [-0.05, 0) is 66.2 Å². The van der Waals surface area contributed by atoms with Crippen LogP contribution in [-0.2, 0) is 6.42 Å². The fourth-order valence-electron chi connectivity index (χ4n) is 5.19. The fourth-order valence-corrected chi connectivity index (χ4v) is 5.19. The Hall–Kier alpha value is -3.38. The zero-order chi connectivity index (χ0) is 24.4. The topological polar surface area (TPSA) is 68.7 Å². The molecule has 0 bridgehead atoms. The summed E-state index contributed by atoms with van der Waals surface area (Å²) in [7, 11) is 0. The maximum atomic E-state index is 12.4. The Morgan fingerprint density at radius 2 is 1.91 bits per heavy atom. The number of allylic oxidation sites excluding steroid dienone is 1. The molecule has 3 aromatic rings. The largest absolute Gasteiger partial charge is 0.488 e. The van der Waals surface area contributed by atoms with Crippen molar-refractivity contribution in [3.8, 4) is 5.75 Å². The van der Waals surface area contributed by atoms with Crippen LogP contribution in [0.5, 0.6) is 5.75 Å². The highest BCUT2D eigenvalue weighted by Gasteiger charge is 2.29. The molecule has 0 atom stereocenters. The number of rotatable bonds is 8. The predicted octanol–water partition coefficient (Wildman–Crippen LogP) is 5.40. The van der Waals surface area contributed by atoms with Crippen molar-refractivity contribution in [3.05, 3.63) is 88.4 Å². The number of carbonyl (C=O) groups excluding carboxylic acids is 1. The molecule has 6 heteroatoms. The average Bonchev–Trinajstić information content (AvgIpc) is 3.16. The number of alkyl halides is 1. The van der Waals surface area contributed by atoms with Gasteiger partial charge in [0.25, 0.3) is 5.91 Å². The lowest BCUT2D eigenvalue weighted by atomic mass is 9.86. The fraction of sp³-hybridized carbons (Fsp3) is 0.345. The molecule has 2 aromatic carbocycles. The number of primary amides is 1. The number of ether oxygens (including phenoxy) is 1. The molecule has 35 heavy (non-hydrogen) atoms. The summed E-state index contributed by atoms with van der Waals surface area (Å²) in [5.41, 5.74) is 12.6. The molecule has 2 aliphatic rings. The molecule has 1 aromatic heterocycles. The number of halogens is 1. The standard InChI is InChI=1S/C29H31FN2O3/c1-19-6-2-3-7-23(19)24-8-4-9-26-28(25(18-34-26)29(31)33)27(24)20-10-12-21(13-11-20)35-22-16-32(17-22)15-5-14-30/h2-3,6-7,10-13,18,22H,4-5,8-9,14-17H2,1H3,(H2,31,33). The molecule has 1 aliphatic carbocycles. The van der Waals surface area contributed by atoms with Crippen molar-refractivity contribution in [2.24, 2.45) is 5.73 Å². The van der Waals surface area contributed by atoms with Gasteiger partial charge in [-0.2, -0.15) is 0 Å². The van der Waals surface area contributed by atoms with Gasteiger partial charge in [-0.25, -0.2) is 0 Å². The van der Waals surface area contributed by atoms with Crippen molar-refractivity contribution in [2.45, 2.75) is 38.7 Å². The maximum Gasteiger partial charge on any atom is 0.252 e. The number of likely N-dealkylation sites (tertiary alicyclic amines) is 1. The lowest BCUT2D eigenvalue weighted by Gasteiger charge is -2.38. The number of benzene rings is 2. The Kier molecular flexibility index (Phi) is 6.73. The molecule has 0 spiro atoms. The van der Waals surface area contributed by atoms with Gasteiger partial charge in [0.2, 0.25) is 0 Å². The van der Waals surface area contributed by atoms with E-state index in [0.29, 0.717) is 12.0 Å². The molecule has 1 aliphatic heterocycles. The molecule has 182 valence electrons. The van der Waals surface area contributed by atoms with Crippen LogP contribution in [-0.4, -0.2) is 43.2 Å². The summed E-state index contributed by atoms with van der Waals surface area (Å²) in [6.45, 7) is 4.26. The quantitative estimate of drug-likeness (QED) is 0.474. The summed E-state index contributed by atoms with van der Waals surface area (Å²) in [5.74, 6) is 1.12. The maximum absolute atomic E-state index is 12.4. The number of furan rings is 1. The molecule has 0 radical (unpaired) electrons. The molecule has 1 saturated heterocycles. The van der Waals surface area contributed by atoms with E-state index in [-0.39, 0.29) is 12.8 Å². The van der Waals surface area contributed by atoms with Gasteiger partial charge in [-0.15, -0.1) is 0 Å². The minimum Gasteiger partial charge on any atom is -0.488 e. The first-order chi connectivity index (χ1) is 17.0. The van der Waals surface area contributed by atoms with E-state index in [9.17, 15) is 9.18 Å². The van der Waals surface area contributed by atoms with Gasteiger partial charge in [0.15, 0.2) is 0 Å². The van der Waals surface area contributed by atoms with Crippen LogP contribution >= 0.6 is 0 Å². The lowest BCUT2D eigenvalue weighted by Crippen LogP contribution is -2.53. The van der Waals surface area contributed by atoms with Crippen molar-refractivity contribution in [1.82, 2.24) is 4.90 Å². The molecular weight excluding hydrogens is 443 g/mol. The van der Waals surface area contributed by atoms with Gasteiger partial charge in [0.05, 0.1) is 12.2 Å². The Bertz CT molecular complexity index is 1240. The number of carbonyl (C=O) groups is 1. The second-order valence-electron chi connectivity index (χ2n) is 9.40. The van der Waals surface area contributed by atoms with Crippen LogP contribution in [0.1, 0.15) is 57.6 Å². The van der Waals surface area contributed by atoms with E-state index in [1.54, 1.807) is 0 Å². The molecule has 5 rings (SSSR count). The highest BCUT2D eigenvalue weighted by Crippen LogP contribution is 2.43. The van der Waals surface area contributed by atoms with E-state index >= 15 is 0 Å². The molecule has 1 fully saturated rings. The molecule has 2 heterocycles. The van der Waals surface area contributed by atoms with E-state index < -0.39 is 5.91 Å². The van der Waals surface area contributed by atoms with Crippen LogP contribution in [0.3, 0.4) is 0 Å². The van der Waals surface area contributed by atoms with Gasteiger partial charge in [0.1, 0.15) is 23.9 Å². The highest BCUT2D eigenvalue weighted by molar-refractivity contribution is 6.07. The van der Waals surface area contributed by atoms with Crippen LogP contribution in [0.25, 0.3) is 11.1 Å². The number of aryl methyl sites for hydroxylation is 2. The second kappa shape index (κ2) is 10.1. The third-order valence-corrected chi connectivity index (χ3v) is 6.96. The van der Waals surface area contributed by atoms with Crippen LogP contribution in [0.2, 0.25) is 0 Å². The molecule has 2 N–H and O–H groups in total. The SMILES string of the molecule is Cc1ccccc1C1=C(c2ccc(OC3CN(CCCF)C3)cc2)c2c(C(N)=O)coc2CCC1. The highest BCUT2D eigenvalue weighted by atomic mass is 19.1. The van der Waals surface area contributed by atoms with E-state index in [0.717, 1.165) is 67.1 Å². The Labute approximate surface area is 205 Å². The normalized spacial score (nSPS) is 16.5. The van der Waals surface area contributed by atoms with Gasteiger partial charge < -0.3 is 14.9 Å². The van der Waals surface area contributed by atoms with Gasteiger partial charge >= 0.3 is 0 Å². The summed E-state index contributed by atoms with van der Waals surface area (Å²) in [6.07, 6.45) is 4.75. The minimum atomic E-state index is -0.485. The lowest BCUT2D eigenvalue weighted by molar-refractivity contribution is 0.0184. The van der Waals surface area contributed by atoms with E-state index in [1.165, 1.54) is 23.0 Å². The third-order valence-electron chi connectivity index (χ3n) is 6.96. The van der Waals surface area contributed by atoms with Crippen molar-refractivity contribution in [3.63, 3.8) is 0 Å². The van der Waals surface area contributed by atoms with Crippen LogP contribution in [0, 0.1) is 6.92 Å². The first-order valence-electron chi connectivity index (χ1n) is 12.3. The number of hydrogen-bond acceptors (Lipinski definition) is 4.